The van der Waals surface area contributed by atoms with Crippen LogP contribution in [0.1, 0.15) is 24.3 Å². The van der Waals surface area contributed by atoms with Gasteiger partial charge in [-0.2, -0.15) is 0 Å². The third-order valence-corrected chi connectivity index (χ3v) is 6.05. The minimum atomic E-state index is -0.972. The van der Waals surface area contributed by atoms with E-state index < -0.39 is 12.1 Å². The van der Waals surface area contributed by atoms with Gasteiger partial charge in [0.05, 0.1) is 16.6 Å². The van der Waals surface area contributed by atoms with Gasteiger partial charge in [0.25, 0.3) is 0 Å². The average molecular weight is 482 g/mol. The van der Waals surface area contributed by atoms with Crippen LogP contribution in [-0.2, 0) is 11.2 Å². The molecule has 1 N–H and O–H groups in total. The van der Waals surface area contributed by atoms with E-state index in [1.165, 1.54) is 48.8 Å². The first-order valence-corrected chi connectivity index (χ1v) is 11.2. The Morgan fingerprint density at radius 3 is 2.65 bits per heavy atom. The molecule has 9 nitrogen and oxygen atoms in total. The number of aryl methyl sites for hydroxylation is 2. The molecule has 0 amide bonds. The van der Waals surface area contributed by atoms with Crippen molar-refractivity contribution in [3.05, 3.63) is 74.7 Å². The largest absolute Gasteiger partial charge is 0.733 e. The molecule has 34 heavy (non-hydrogen) atoms. The molecule has 0 bridgehead atoms. The SMILES string of the molecule is CCc1cc2c(=O)c(-c3ncc(C)s3)coc2cc1O[C@@H](C)C(=O)Oc1ccc(N([O-])O)cc1. The highest BCUT2D eigenvalue weighted by atomic mass is 32.1. The fourth-order valence-corrected chi connectivity index (χ4v) is 4.06. The number of hydrogen-bond donors (Lipinski definition) is 1. The zero-order valence-electron chi connectivity index (χ0n) is 18.6. The van der Waals surface area contributed by atoms with Crippen molar-refractivity contribution in [1.29, 1.82) is 0 Å². The third-order valence-electron chi connectivity index (χ3n) is 5.10. The average Bonchev–Trinajstić information content (AvgIpc) is 3.25. The highest BCUT2D eigenvalue weighted by Gasteiger charge is 2.21. The Labute approximate surface area is 198 Å². The number of benzene rings is 2. The van der Waals surface area contributed by atoms with Crippen molar-refractivity contribution in [2.24, 2.45) is 0 Å². The van der Waals surface area contributed by atoms with E-state index in [1.54, 1.807) is 18.3 Å². The van der Waals surface area contributed by atoms with Gasteiger partial charge in [-0.15, -0.1) is 11.3 Å². The zero-order chi connectivity index (χ0) is 24.4. The molecular weight excluding hydrogens is 460 g/mol. The first kappa shape index (κ1) is 23.4. The lowest BCUT2D eigenvalue weighted by Gasteiger charge is -2.21. The number of ether oxygens (including phenoxy) is 2. The highest BCUT2D eigenvalue weighted by Crippen LogP contribution is 2.29. The predicted molar refractivity (Wildman–Crippen MR) is 128 cm³/mol. The number of aromatic nitrogens is 1. The number of fused-ring (bicyclic) bond motifs is 1. The summed E-state index contributed by atoms with van der Waals surface area (Å²) in [4.78, 5) is 30.8. The molecule has 0 radical (unpaired) electrons. The van der Waals surface area contributed by atoms with E-state index in [0.717, 1.165) is 10.4 Å². The van der Waals surface area contributed by atoms with E-state index in [0.29, 0.717) is 33.7 Å². The Balaban J connectivity index is 1.57. The molecular formula is C24H21N2O7S-. The molecule has 0 saturated heterocycles. The van der Waals surface area contributed by atoms with Crippen molar-refractivity contribution >= 4 is 34.0 Å². The summed E-state index contributed by atoms with van der Waals surface area (Å²) in [6.07, 6.45) is 2.68. The van der Waals surface area contributed by atoms with Crippen molar-refractivity contribution in [2.45, 2.75) is 33.3 Å². The van der Waals surface area contributed by atoms with Crippen LogP contribution in [0.25, 0.3) is 21.5 Å². The molecule has 176 valence electrons. The van der Waals surface area contributed by atoms with Crippen LogP contribution >= 0.6 is 11.3 Å². The normalized spacial score (nSPS) is 11.9. The van der Waals surface area contributed by atoms with E-state index in [4.69, 9.17) is 19.1 Å². The van der Waals surface area contributed by atoms with Gasteiger partial charge in [0, 0.05) is 17.1 Å². The van der Waals surface area contributed by atoms with E-state index in [1.807, 2.05) is 13.8 Å². The Morgan fingerprint density at radius 1 is 1.29 bits per heavy atom. The summed E-state index contributed by atoms with van der Waals surface area (Å²) in [6, 6.07) is 8.68. The summed E-state index contributed by atoms with van der Waals surface area (Å²) in [5.41, 5.74) is 1.27. The number of rotatable bonds is 7. The molecule has 4 aromatic rings. The van der Waals surface area contributed by atoms with Gasteiger partial charge in [-0.3, -0.25) is 10.0 Å². The van der Waals surface area contributed by atoms with Crippen LogP contribution < -0.4 is 20.1 Å². The second-order valence-electron chi connectivity index (χ2n) is 7.51. The summed E-state index contributed by atoms with van der Waals surface area (Å²) >= 11 is 1.41. The van der Waals surface area contributed by atoms with Crippen molar-refractivity contribution in [1.82, 2.24) is 4.98 Å². The molecule has 0 saturated carbocycles. The Hall–Kier alpha value is -3.73. The molecule has 0 aliphatic heterocycles. The van der Waals surface area contributed by atoms with Gasteiger partial charge < -0.3 is 24.3 Å². The van der Waals surface area contributed by atoms with Crippen molar-refractivity contribution < 1.29 is 23.9 Å². The van der Waals surface area contributed by atoms with Crippen LogP contribution in [0.15, 0.2) is 58.1 Å². The molecule has 0 spiro atoms. The van der Waals surface area contributed by atoms with Crippen molar-refractivity contribution in [3.8, 4) is 22.1 Å². The molecule has 4 rings (SSSR count). The fraction of sp³-hybridized carbons (Fsp3) is 0.208. The maximum Gasteiger partial charge on any atom is 0.352 e. The minimum Gasteiger partial charge on any atom is -0.733 e. The van der Waals surface area contributed by atoms with E-state index in [-0.39, 0.29) is 22.1 Å². The maximum absolute atomic E-state index is 13.1. The second-order valence-corrected chi connectivity index (χ2v) is 8.75. The molecule has 1 atom stereocenters. The van der Waals surface area contributed by atoms with Crippen LogP contribution in [0.4, 0.5) is 5.69 Å². The van der Waals surface area contributed by atoms with Gasteiger partial charge >= 0.3 is 5.97 Å². The van der Waals surface area contributed by atoms with Gasteiger partial charge in [-0.05, 0) is 56.2 Å². The predicted octanol–water partition coefficient (Wildman–Crippen LogP) is 4.85. The number of hydrogen-bond acceptors (Lipinski definition) is 10. The number of thiazole rings is 1. The molecule has 0 unspecified atom stereocenters. The van der Waals surface area contributed by atoms with Gasteiger partial charge in [-0.25, -0.2) is 9.78 Å². The van der Waals surface area contributed by atoms with Gasteiger partial charge in [0.2, 0.25) is 5.43 Å². The summed E-state index contributed by atoms with van der Waals surface area (Å²) in [5.74, 6) is -0.0666. The highest BCUT2D eigenvalue weighted by molar-refractivity contribution is 7.14. The maximum atomic E-state index is 13.1. The summed E-state index contributed by atoms with van der Waals surface area (Å²) in [5, 5.41) is 20.5. The lowest BCUT2D eigenvalue weighted by atomic mass is 10.1. The monoisotopic (exact) mass is 481 g/mol. The second kappa shape index (κ2) is 9.64. The lowest BCUT2D eigenvalue weighted by Crippen LogP contribution is -2.28. The molecule has 0 fully saturated rings. The minimum absolute atomic E-state index is 0.00231. The Bertz CT molecular complexity index is 1390. The van der Waals surface area contributed by atoms with Gasteiger partial charge in [0.1, 0.15) is 28.4 Å². The molecule has 2 heterocycles. The molecule has 0 aliphatic rings. The van der Waals surface area contributed by atoms with Gasteiger partial charge in [0.15, 0.2) is 6.10 Å². The number of anilines is 1. The lowest BCUT2D eigenvalue weighted by molar-refractivity contribution is -0.141. The van der Waals surface area contributed by atoms with Crippen molar-refractivity contribution in [2.75, 3.05) is 5.23 Å². The number of carbonyl (C=O) groups is 1. The van der Waals surface area contributed by atoms with E-state index >= 15 is 0 Å². The van der Waals surface area contributed by atoms with Crippen LogP contribution in [0.3, 0.4) is 0 Å². The van der Waals surface area contributed by atoms with Crippen LogP contribution in [0.5, 0.6) is 11.5 Å². The molecule has 0 aliphatic carbocycles. The van der Waals surface area contributed by atoms with Crippen LogP contribution in [0, 0.1) is 12.1 Å². The number of nitrogens with zero attached hydrogens (tertiary/aromatic N) is 2. The van der Waals surface area contributed by atoms with E-state index in [2.05, 4.69) is 4.98 Å². The fourth-order valence-electron chi connectivity index (χ4n) is 3.29. The Morgan fingerprint density at radius 2 is 2.03 bits per heavy atom. The Kier molecular flexibility index (Phi) is 6.64. The van der Waals surface area contributed by atoms with Crippen molar-refractivity contribution in [3.63, 3.8) is 0 Å². The van der Waals surface area contributed by atoms with Crippen LogP contribution in [-0.4, -0.2) is 22.3 Å². The summed E-state index contributed by atoms with van der Waals surface area (Å²) < 4.78 is 16.9. The molecule has 2 aromatic heterocycles. The number of esters is 1. The first-order chi connectivity index (χ1) is 16.3. The molecule has 2 aromatic carbocycles. The quantitative estimate of drug-likeness (QED) is 0.224. The summed E-state index contributed by atoms with van der Waals surface area (Å²) in [6.45, 7) is 5.37. The third kappa shape index (κ3) is 4.79. The standard InChI is InChI=1S/C24H21N2O7S/c1-4-15-9-18-21(31-12-19(22(18)27)23-25-11-13(2)34-23)10-20(15)32-14(3)24(28)33-17-7-5-16(6-8-17)26(29)30/h5-12,14,29H,4H2,1-3H3/q-1/t14-/m0/s1. The van der Waals surface area contributed by atoms with Crippen LogP contribution in [0.2, 0.25) is 0 Å². The molecule has 10 heteroatoms. The van der Waals surface area contributed by atoms with Gasteiger partial charge in [-0.1, -0.05) is 6.92 Å². The van der Waals surface area contributed by atoms with E-state index in [9.17, 15) is 14.8 Å². The first-order valence-electron chi connectivity index (χ1n) is 10.4. The topological polar surface area (TPSA) is 125 Å². The number of carbonyl (C=O) groups excluding carboxylic acids is 1. The smallest absolute Gasteiger partial charge is 0.352 e. The zero-order valence-corrected chi connectivity index (χ0v) is 19.4. The summed E-state index contributed by atoms with van der Waals surface area (Å²) in [7, 11) is 0.